The molecule has 1 aromatic carbocycles. The van der Waals surface area contributed by atoms with Crippen molar-refractivity contribution >= 4 is 22.7 Å². The predicted molar refractivity (Wildman–Crippen MR) is 76.8 cm³/mol. The van der Waals surface area contributed by atoms with Crippen molar-refractivity contribution in [1.82, 2.24) is 0 Å². The number of nitrogens with two attached hydrogens (primary N) is 1. The molecule has 1 aromatic heterocycles. The second-order valence-corrected chi connectivity index (χ2v) is 5.07. The number of hydrogen-bond acceptors (Lipinski definition) is 6. The van der Waals surface area contributed by atoms with Gasteiger partial charge in [0.05, 0.1) is 23.8 Å². The SMILES string of the molecule is COc1cc([N+](=O)[O-])ccc1-c1sc(C#N)c(N)c1C. The van der Waals surface area contributed by atoms with E-state index in [9.17, 15) is 10.1 Å². The molecule has 2 N–H and O–H groups in total. The molecule has 7 heteroatoms. The van der Waals surface area contributed by atoms with E-state index in [-0.39, 0.29) is 5.69 Å². The van der Waals surface area contributed by atoms with Gasteiger partial charge in [0.1, 0.15) is 16.7 Å². The quantitative estimate of drug-likeness (QED) is 0.690. The number of nitrogens with zero attached hydrogens (tertiary/aromatic N) is 2. The molecule has 6 nitrogen and oxygen atoms in total. The molecule has 0 aliphatic rings. The van der Waals surface area contributed by atoms with Crippen molar-refractivity contribution in [3.63, 3.8) is 0 Å². The van der Waals surface area contributed by atoms with Crippen molar-refractivity contribution in [2.75, 3.05) is 12.8 Å². The molecule has 0 saturated carbocycles. The van der Waals surface area contributed by atoms with E-state index in [0.29, 0.717) is 21.9 Å². The van der Waals surface area contributed by atoms with Crippen molar-refractivity contribution < 1.29 is 9.66 Å². The van der Waals surface area contributed by atoms with Gasteiger partial charge in [-0.3, -0.25) is 10.1 Å². The van der Waals surface area contributed by atoms with Gasteiger partial charge < -0.3 is 10.5 Å². The van der Waals surface area contributed by atoms with Crippen LogP contribution >= 0.6 is 11.3 Å². The minimum atomic E-state index is -0.483. The van der Waals surface area contributed by atoms with Crippen molar-refractivity contribution in [2.45, 2.75) is 6.92 Å². The number of ether oxygens (including phenoxy) is 1. The Bertz CT molecular complexity index is 731. The molecule has 0 amide bonds. The Balaban J connectivity index is 2.64. The van der Waals surface area contributed by atoms with Crippen LogP contribution in [0.2, 0.25) is 0 Å². The van der Waals surface area contributed by atoms with Gasteiger partial charge in [0, 0.05) is 16.5 Å². The maximum Gasteiger partial charge on any atom is 0.273 e. The lowest BCUT2D eigenvalue weighted by atomic mass is 10.1. The summed E-state index contributed by atoms with van der Waals surface area (Å²) >= 11 is 1.25. The third kappa shape index (κ3) is 2.17. The summed E-state index contributed by atoms with van der Waals surface area (Å²) in [7, 11) is 1.44. The van der Waals surface area contributed by atoms with E-state index < -0.39 is 4.92 Å². The number of rotatable bonds is 3. The van der Waals surface area contributed by atoms with E-state index in [2.05, 4.69) is 0 Å². The lowest BCUT2D eigenvalue weighted by Crippen LogP contribution is -1.93. The van der Waals surface area contributed by atoms with Gasteiger partial charge in [0.2, 0.25) is 0 Å². The first-order valence-corrected chi connectivity index (χ1v) is 6.43. The molecule has 2 rings (SSSR count). The molecular formula is C13H11N3O3S. The smallest absolute Gasteiger partial charge is 0.273 e. The van der Waals surface area contributed by atoms with Crippen molar-refractivity contribution in [3.8, 4) is 22.3 Å². The maximum absolute atomic E-state index is 10.8. The summed E-state index contributed by atoms with van der Waals surface area (Å²) in [5, 5.41) is 19.8. The molecule has 0 bridgehead atoms. The van der Waals surface area contributed by atoms with Gasteiger partial charge >= 0.3 is 0 Å². The van der Waals surface area contributed by atoms with E-state index in [1.807, 2.05) is 13.0 Å². The van der Waals surface area contributed by atoms with Crippen LogP contribution in [-0.2, 0) is 0 Å². The number of benzene rings is 1. The number of nitro groups is 1. The van der Waals surface area contributed by atoms with Crippen LogP contribution in [0, 0.1) is 28.4 Å². The first-order valence-electron chi connectivity index (χ1n) is 5.61. The van der Waals surface area contributed by atoms with Gasteiger partial charge in [-0.25, -0.2) is 0 Å². The highest BCUT2D eigenvalue weighted by molar-refractivity contribution is 7.16. The highest BCUT2D eigenvalue weighted by atomic mass is 32.1. The second kappa shape index (κ2) is 5.19. The summed E-state index contributed by atoms with van der Waals surface area (Å²) in [6.45, 7) is 1.81. The molecular weight excluding hydrogens is 278 g/mol. The summed E-state index contributed by atoms with van der Waals surface area (Å²) < 4.78 is 5.21. The summed E-state index contributed by atoms with van der Waals surface area (Å²) in [6, 6.07) is 6.41. The number of nitrogen functional groups attached to an aromatic ring is 1. The van der Waals surface area contributed by atoms with Crippen LogP contribution in [0.1, 0.15) is 10.4 Å². The predicted octanol–water partition coefficient (Wildman–Crippen LogP) is 3.09. The highest BCUT2D eigenvalue weighted by Gasteiger charge is 2.19. The molecule has 0 aliphatic heterocycles. The Hall–Kier alpha value is -2.59. The average molecular weight is 289 g/mol. The van der Waals surface area contributed by atoms with Crippen LogP contribution in [0.5, 0.6) is 5.75 Å². The van der Waals surface area contributed by atoms with E-state index in [1.54, 1.807) is 6.07 Å². The monoisotopic (exact) mass is 289 g/mol. The fourth-order valence-corrected chi connectivity index (χ4v) is 2.90. The minimum Gasteiger partial charge on any atom is -0.496 e. The summed E-state index contributed by atoms with van der Waals surface area (Å²) in [5.41, 5.74) is 7.72. The fraction of sp³-hybridized carbons (Fsp3) is 0.154. The maximum atomic E-state index is 10.8. The first kappa shape index (κ1) is 13.8. The summed E-state index contributed by atoms with van der Waals surface area (Å²) in [4.78, 5) is 11.5. The normalized spacial score (nSPS) is 10.1. The van der Waals surface area contributed by atoms with Crippen LogP contribution in [0.25, 0.3) is 10.4 Å². The van der Waals surface area contributed by atoms with Crippen LogP contribution in [0.4, 0.5) is 11.4 Å². The Labute approximate surface area is 119 Å². The van der Waals surface area contributed by atoms with Gasteiger partial charge in [-0.15, -0.1) is 11.3 Å². The number of methoxy groups -OCH3 is 1. The standard InChI is InChI=1S/C13H11N3O3S/c1-7-12(15)11(6-14)20-13(7)9-4-3-8(16(17)18)5-10(9)19-2/h3-5H,15H2,1-2H3. The number of nitro benzene ring substituents is 1. The number of nitriles is 1. The molecule has 0 atom stereocenters. The average Bonchev–Trinajstić information content (AvgIpc) is 2.74. The van der Waals surface area contributed by atoms with Gasteiger partial charge in [0.25, 0.3) is 5.69 Å². The topological polar surface area (TPSA) is 102 Å². The third-order valence-corrected chi connectivity index (χ3v) is 4.18. The van der Waals surface area contributed by atoms with E-state index >= 15 is 0 Å². The molecule has 2 aromatic rings. The van der Waals surface area contributed by atoms with Crippen LogP contribution in [0.15, 0.2) is 18.2 Å². The molecule has 0 unspecified atom stereocenters. The van der Waals surface area contributed by atoms with Gasteiger partial charge in [0.15, 0.2) is 0 Å². The lowest BCUT2D eigenvalue weighted by molar-refractivity contribution is -0.384. The fourth-order valence-electron chi connectivity index (χ4n) is 1.85. The molecule has 0 spiro atoms. The number of thiophene rings is 1. The Morgan fingerprint density at radius 2 is 2.20 bits per heavy atom. The lowest BCUT2D eigenvalue weighted by Gasteiger charge is -2.07. The molecule has 0 radical (unpaired) electrons. The summed E-state index contributed by atoms with van der Waals surface area (Å²) in [5.74, 6) is 0.382. The van der Waals surface area contributed by atoms with E-state index in [0.717, 1.165) is 10.4 Å². The Morgan fingerprint density at radius 3 is 2.70 bits per heavy atom. The Kier molecular flexibility index (Phi) is 3.59. The van der Waals surface area contributed by atoms with E-state index in [1.165, 1.54) is 30.6 Å². The van der Waals surface area contributed by atoms with Crippen molar-refractivity contribution in [3.05, 3.63) is 38.8 Å². The third-order valence-electron chi connectivity index (χ3n) is 2.94. The van der Waals surface area contributed by atoms with Crippen LogP contribution < -0.4 is 10.5 Å². The van der Waals surface area contributed by atoms with Crippen LogP contribution in [0.3, 0.4) is 0 Å². The zero-order valence-corrected chi connectivity index (χ0v) is 11.7. The molecule has 0 aliphatic carbocycles. The minimum absolute atomic E-state index is 0.0479. The zero-order valence-electron chi connectivity index (χ0n) is 10.8. The largest absolute Gasteiger partial charge is 0.496 e. The first-order chi connectivity index (χ1) is 9.49. The van der Waals surface area contributed by atoms with Crippen molar-refractivity contribution in [1.29, 1.82) is 5.26 Å². The molecule has 0 saturated heterocycles. The highest BCUT2D eigenvalue weighted by Crippen LogP contribution is 2.42. The number of anilines is 1. The number of hydrogen-bond donors (Lipinski definition) is 1. The Morgan fingerprint density at radius 1 is 1.50 bits per heavy atom. The van der Waals surface area contributed by atoms with Gasteiger partial charge in [-0.2, -0.15) is 5.26 Å². The number of non-ortho nitro benzene ring substituents is 1. The molecule has 1 heterocycles. The van der Waals surface area contributed by atoms with Gasteiger partial charge in [-0.1, -0.05) is 0 Å². The van der Waals surface area contributed by atoms with Crippen molar-refractivity contribution in [2.24, 2.45) is 0 Å². The molecule has 102 valence electrons. The second-order valence-electron chi connectivity index (χ2n) is 4.05. The van der Waals surface area contributed by atoms with Gasteiger partial charge in [-0.05, 0) is 18.6 Å². The van der Waals surface area contributed by atoms with Crippen LogP contribution in [-0.4, -0.2) is 12.0 Å². The van der Waals surface area contributed by atoms with E-state index in [4.69, 9.17) is 15.7 Å². The zero-order chi connectivity index (χ0) is 14.9. The molecule has 0 fully saturated rings. The summed E-state index contributed by atoms with van der Waals surface area (Å²) in [6.07, 6.45) is 0. The molecule has 20 heavy (non-hydrogen) atoms.